The van der Waals surface area contributed by atoms with Crippen LogP contribution in [0.2, 0.25) is 5.02 Å². The molecule has 3 aromatic carbocycles. The van der Waals surface area contributed by atoms with Crippen molar-refractivity contribution in [2.24, 2.45) is 23.7 Å². The van der Waals surface area contributed by atoms with Gasteiger partial charge in [0.25, 0.3) is 11.8 Å². The summed E-state index contributed by atoms with van der Waals surface area (Å²) in [5.74, 6) is -7.35. The zero-order chi connectivity index (χ0) is 33.4. The van der Waals surface area contributed by atoms with E-state index in [1.807, 2.05) is 6.08 Å². The number of hydrazine groups is 1. The van der Waals surface area contributed by atoms with Gasteiger partial charge in [0.1, 0.15) is 11.6 Å². The van der Waals surface area contributed by atoms with E-state index in [4.69, 9.17) is 16.3 Å². The highest BCUT2D eigenvalue weighted by Crippen LogP contribution is 2.64. The number of imide groups is 4. The number of amides is 5. The third-order valence-corrected chi connectivity index (χ3v) is 10.4. The van der Waals surface area contributed by atoms with Gasteiger partial charge in [-0.3, -0.25) is 24.6 Å². The van der Waals surface area contributed by atoms with E-state index in [-0.39, 0.29) is 18.6 Å². The number of halogens is 2. The van der Waals surface area contributed by atoms with Crippen LogP contribution in [0, 0.1) is 36.4 Å². The standard InChI is InChI=1S/C35H29ClFN3O7/c1-17-15-18(3-14-27(17)41)29-23-12-13-24-28(32(44)39(30(24)42)34(46)47-2)25(23)16-26-31(43)40(38-22-10-8-21(37)9-11-22)33(45)35(26,29)19-4-6-20(36)7-5-19/h3-12,14-15,24-26,28-29,38,41H,13,16H2,1-2H3. The Hall–Kier alpha value is -5.03. The summed E-state index contributed by atoms with van der Waals surface area (Å²) in [5, 5.41) is 11.8. The number of hydrogen-bond acceptors (Lipinski definition) is 8. The average molecular weight is 658 g/mol. The van der Waals surface area contributed by atoms with Gasteiger partial charge in [0.15, 0.2) is 0 Å². The molecule has 7 rings (SSSR count). The number of aromatic hydroxyl groups is 1. The normalized spacial score (nSPS) is 28.1. The molecule has 12 heteroatoms. The lowest BCUT2D eigenvalue weighted by Gasteiger charge is -2.50. The minimum Gasteiger partial charge on any atom is -0.508 e. The molecule has 47 heavy (non-hydrogen) atoms. The van der Waals surface area contributed by atoms with Crippen LogP contribution in [0.4, 0.5) is 14.9 Å². The Morgan fingerprint density at radius 1 is 0.979 bits per heavy atom. The lowest BCUT2D eigenvalue weighted by molar-refractivity contribution is -0.140. The Bertz CT molecular complexity index is 1900. The fraction of sp³-hybridized carbons (Fsp3) is 0.286. The third-order valence-electron chi connectivity index (χ3n) is 10.2. The number of phenolic OH excluding ortho intramolecular Hbond substituents is 1. The predicted molar refractivity (Wildman–Crippen MR) is 166 cm³/mol. The number of anilines is 1. The lowest BCUT2D eigenvalue weighted by Crippen LogP contribution is -2.53. The quantitative estimate of drug-likeness (QED) is 0.287. The highest BCUT2D eigenvalue weighted by Gasteiger charge is 2.70. The van der Waals surface area contributed by atoms with E-state index in [0.717, 1.165) is 12.1 Å². The molecule has 2 aliphatic heterocycles. The lowest BCUT2D eigenvalue weighted by atomic mass is 9.49. The number of rotatable bonds is 4. The number of benzene rings is 3. The topological polar surface area (TPSA) is 133 Å². The third kappa shape index (κ3) is 4.40. The van der Waals surface area contributed by atoms with Crippen molar-refractivity contribution in [3.63, 3.8) is 0 Å². The first-order chi connectivity index (χ1) is 22.5. The smallest absolute Gasteiger partial charge is 0.423 e. The molecule has 0 radical (unpaired) electrons. The summed E-state index contributed by atoms with van der Waals surface area (Å²) in [6.45, 7) is 1.72. The molecule has 1 saturated carbocycles. The monoisotopic (exact) mass is 657 g/mol. The number of methoxy groups -OCH3 is 1. The van der Waals surface area contributed by atoms with Crippen LogP contribution < -0.4 is 5.43 Å². The Morgan fingerprint density at radius 3 is 2.34 bits per heavy atom. The van der Waals surface area contributed by atoms with Gasteiger partial charge in [-0.1, -0.05) is 47.5 Å². The van der Waals surface area contributed by atoms with Crippen LogP contribution >= 0.6 is 11.6 Å². The summed E-state index contributed by atoms with van der Waals surface area (Å²) >= 11 is 6.29. The highest BCUT2D eigenvalue weighted by molar-refractivity contribution is 6.30. The van der Waals surface area contributed by atoms with Crippen molar-refractivity contribution in [3.8, 4) is 5.75 Å². The summed E-state index contributed by atoms with van der Waals surface area (Å²) in [6, 6.07) is 16.9. The molecule has 4 aliphatic rings. The number of hydrogen-bond donors (Lipinski definition) is 2. The number of likely N-dealkylation sites (tertiary alicyclic amines) is 1. The zero-order valence-electron chi connectivity index (χ0n) is 25.3. The highest BCUT2D eigenvalue weighted by atomic mass is 35.5. The Kier molecular flexibility index (Phi) is 7.20. The Balaban J connectivity index is 1.46. The van der Waals surface area contributed by atoms with Crippen LogP contribution in [0.25, 0.3) is 0 Å². The van der Waals surface area contributed by atoms with E-state index in [1.165, 1.54) is 30.3 Å². The molecule has 0 spiro atoms. The number of carbonyl (C=O) groups is 5. The van der Waals surface area contributed by atoms with E-state index >= 15 is 4.79 Å². The van der Waals surface area contributed by atoms with Crippen LogP contribution in [0.5, 0.6) is 5.75 Å². The fourth-order valence-electron chi connectivity index (χ4n) is 8.16. The van der Waals surface area contributed by atoms with E-state index in [9.17, 15) is 28.7 Å². The fourth-order valence-corrected chi connectivity index (χ4v) is 8.29. The summed E-state index contributed by atoms with van der Waals surface area (Å²) in [6.07, 6.45) is 0.925. The van der Waals surface area contributed by atoms with Gasteiger partial charge < -0.3 is 9.84 Å². The van der Waals surface area contributed by atoms with Crippen molar-refractivity contribution >= 4 is 47.0 Å². The molecule has 6 unspecified atom stereocenters. The van der Waals surface area contributed by atoms with E-state index in [0.29, 0.717) is 37.9 Å². The summed E-state index contributed by atoms with van der Waals surface area (Å²) < 4.78 is 18.5. The van der Waals surface area contributed by atoms with Crippen LogP contribution in [0.1, 0.15) is 35.4 Å². The van der Waals surface area contributed by atoms with Crippen molar-refractivity contribution in [2.75, 3.05) is 12.5 Å². The second kappa shape index (κ2) is 11.0. The number of nitrogens with one attached hydrogen (secondary N) is 1. The molecule has 10 nitrogen and oxygen atoms in total. The summed E-state index contributed by atoms with van der Waals surface area (Å²) in [7, 11) is 1.09. The molecule has 3 aromatic rings. The number of nitrogens with zero attached hydrogens (tertiary/aromatic N) is 2. The summed E-state index contributed by atoms with van der Waals surface area (Å²) in [4.78, 5) is 69.9. The van der Waals surface area contributed by atoms with Gasteiger partial charge in [-0.05, 0) is 84.8 Å². The first-order valence-electron chi connectivity index (χ1n) is 15.1. The molecule has 240 valence electrons. The molecule has 2 heterocycles. The Labute approximate surface area is 273 Å². The largest absolute Gasteiger partial charge is 0.508 e. The molecule has 0 aromatic heterocycles. The van der Waals surface area contributed by atoms with Crippen LogP contribution in [0.3, 0.4) is 0 Å². The predicted octanol–water partition coefficient (Wildman–Crippen LogP) is 5.24. The van der Waals surface area contributed by atoms with Gasteiger partial charge in [-0.25, -0.2) is 9.18 Å². The van der Waals surface area contributed by atoms with Crippen molar-refractivity contribution < 1.29 is 38.2 Å². The van der Waals surface area contributed by atoms with Crippen LogP contribution in [-0.4, -0.2) is 51.8 Å². The minimum atomic E-state index is -1.55. The molecule has 2 saturated heterocycles. The molecular weight excluding hydrogens is 629 g/mol. The van der Waals surface area contributed by atoms with Gasteiger partial charge in [0.2, 0.25) is 11.8 Å². The SMILES string of the molecule is COC(=O)N1C(=O)C2CC=C3C(CC4C(=O)N(Nc5ccc(F)cc5)C(=O)C4(c4ccc(Cl)cc4)C3c3ccc(O)c(C)c3)C2C1=O. The van der Waals surface area contributed by atoms with Gasteiger partial charge in [0.05, 0.1) is 36.0 Å². The molecule has 3 fully saturated rings. The Morgan fingerprint density at radius 2 is 1.68 bits per heavy atom. The van der Waals surface area contributed by atoms with E-state index in [2.05, 4.69) is 5.43 Å². The van der Waals surface area contributed by atoms with Gasteiger partial charge >= 0.3 is 6.09 Å². The zero-order valence-corrected chi connectivity index (χ0v) is 26.0. The van der Waals surface area contributed by atoms with E-state index < -0.39 is 70.5 Å². The molecular formula is C35H29ClFN3O7. The molecule has 2 aliphatic carbocycles. The maximum Gasteiger partial charge on any atom is 0.423 e. The molecule has 0 bridgehead atoms. The second-order valence-corrected chi connectivity index (χ2v) is 12.8. The maximum atomic E-state index is 15.0. The van der Waals surface area contributed by atoms with Crippen molar-refractivity contribution in [3.05, 3.63) is 106 Å². The number of ether oxygens (including phenoxy) is 1. The molecule has 5 amide bonds. The van der Waals surface area contributed by atoms with Crippen LogP contribution in [-0.2, 0) is 29.3 Å². The first-order valence-corrected chi connectivity index (χ1v) is 15.5. The molecule has 2 N–H and O–H groups in total. The van der Waals surface area contributed by atoms with Gasteiger partial charge in [0, 0.05) is 10.9 Å². The molecule has 6 atom stereocenters. The van der Waals surface area contributed by atoms with Crippen LogP contribution in [0.15, 0.2) is 78.4 Å². The summed E-state index contributed by atoms with van der Waals surface area (Å²) in [5.41, 5.74) is 3.97. The average Bonchev–Trinajstić information content (AvgIpc) is 3.44. The number of fused-ring (bicyclic) bond motifs is 4. The number of phenols is 1. The number of allylic oxidation sites excluding steroid dienone is 2. The maximum absolute atomic E-state index is 15.0. The number of carbonyl (C=O) groups excluding carboxylic acids is 5. The van der Waals surface area contributed by atoms with Gasteiger partial charge in [-0.2, -0.15) is 9.91 Å². The van der Waals surface area contributed by atoms with Crippen molar-refractivity contribution in [1.29, 1.82) is 0 Å². The number of aryl methyl sites for hydroxylation is 1. The second-order valence-electron chi connectivity index (χ2n) is 12.4. The van der Waals surface area contributed by atoms with E-state index in [1.54, 1.807) is 43.3 Å². The van der Waals surface area contributed by atoms with Crippen molar-refractivity contribution in [2.45, 2.75) is 31.1 Å². The van der Waals surface area contributed by atoms with Gasteiger partial charge in [-0.15, -0.1) is 0 Å². The van der Waals surface area contributed by atoms with Crippen molar-refractivity contribution in [1.82, 2.24) is 9.91 Å². The minimum absolute atomic E-state index is 0.0173. The first kappa shape index (κ1) is 30.6.